The summed E-state index contributed by atoms with van der Waals surface area (Å²) in [4.78, 5) is 15.0. The average molecular weight is 201 g/mol. The highest BCUT2D eigenvalue weighted by molar-refractivity contribution is 5.85. The topological polar surface area (TPSA) is 76.7 Å². The molecule has 0 bridgehead atoms. The van der Waals surface area contributed by atoms with E-state index in [4.69, 9.17) is 5.73 Å². The van der Waals surface area contributed by atoms with Gasteiger partial charge in [0.15, 0.2) is 5.96 Å². The molecule has 0 aliphatic carbocycles. The maximum atomic E-state index is 11.3. The second-order valence-corrected chi connectivity index (χ2v) is 3.46. The van der Waals surface area contributed by atoms with Crippen LogP contribution in [0, 0.1) is 5.92 Å². The molecule has 0 spiro atoms. The van der Waals surface area contributed by atoms with Gasteiger partial charge in [-0.2, -0.15) is 0 Å². The molecule has 14 heavy (non-hydrogen) atoms. The second kappa shape index (κ2) is 6.23. The summed E-state index contributed by atoms with van der Waals surface area (Å²) in [7, 11) is 2.92. The van der Waals surface area contributed by atoms with Gasteiger partial charge in [-0.15, -0.1) is 0 Å². The molecule has 5 nitrogen and oxygen atoms in total. The lowest BCUT2D eigenvalue weighted by molar-refractivity contribution is -0.143. The molecule has 0 aliphatic heterocycles. The van der Waals surface area contributed by atoms with Gasteiger partial charge in [-0.05, 0) is 12.3 Å². The first-order chi connectivity index (χ1) is 6.51. The molecule has 0 fully saturated rings. The van der Waals surface area contributed by atoms with Crippen LogP contribution in [0.4, 0.5) is 0 Å². The Bertz CT molecular complexity index is 214. The lowest BCUT2D eigenvalue weighted by atomic mass is 10.0. The Labute approximate surface area is 84.7 Å². The number of carbonyl (C=O) groups is 1. The van der Waals surface area contributed by atoms with Crippen LogP contribution >= 0.6 is 0 Å². The highest BCUT2D eigenvalue weighted by Gasteiger charge is 2.20. The van der Waals surface area contributed by atoms with E-state index in [1.54, 1.807) is 7.05 Å². The summed E-state index contributed by atoms with van der Waals surface area (Å²) < 4.78 is 4.65. The second-order valence-electron chi connectivity index (χ2n) is 3.46. The number of nitrogens with zero attached hydrogens (tertiary/aromatic N) is 1. The maximum Gasteiger partial charge on any atom is 0.328 e. The van der Waals surface area contributed by atoms with Gasteiger partial charge in [-0.25, -0.2) is 4.79 Å². The quantitative estimate of drug-likeness (QED) is 0.384. The normalized spacial score (nSPS) is 13.9. The number of hydrogen-bond donors (Lipinski definition) is 2. The molecular formula is C9H19N3O2. The molecule has 0 aromatic rings. The number of carbonyl (C=O) groups excluding carboxylic acids is 1. The van der Waals surface area contributed by atoms with Crippen LogP contribution in [0.3, 0.4) is 0 Å². The number of nitrogens with one attached hydrogen (secondary N) is 1. The van der Waals surface area contributed by atoms with Gasteiger partial charge >= 0.3 is 5.97 Å². The van der Waals surface area contributed by atoms with Crippen molar-refractivity contribution in [1.29, 1.82) is 0 Å². The van der Waals surface area contributed by atoms with E-state index in [9.17, 15) is 4.79 Å². The van der Waals surface area contributed by atoms with Crippen molar-refractivity contribution in [2.45, 2.75) is 26.3 Å². The van der Waals surface area contributed by atoms with Gasteiger partial charge in [0.25, 0.3) is 0 Å². The molecule has 0 aromatic carbocycles. The summed E-state index contributed by atoms with van der Waals surface area (Å²) in [6.07, 6.45) is 0.670. The molecule has 5 heteroatoms. The van der Waals surface area contributed by atoms with E-state index in [2.05, 4.69) is 15.0 Å². The summed E-state index contributed by atoms with van der Waals surface area (Å²) in [5, 5.41) is 2.80. The molecule has 0 radical (unpaired) electrons. The number of nitrogens with two attached hydrogens (primary N) is 1. The first-order valence-electron chi connectivity index (χ1n) is 4.57. The summed E-state index contributed by atoms with van der Waals surface area (Å²) in [5.74, 6) is 0.322. The van der Waals surface area contributed by atoms with Crippen molar-refractivity contribution >= 4 is 11.9 Å². The Morgan fingerprint density at radius 1 is 1.57 bits per heavy atom. The minimum Gasteiger partial charge on any atom is -0.467 e. The van der Waals surface area contributed by atoms with Crippen molar-refractivity contribution in [3.8, 4) is 0 Å². The molecule has 0 amide bonds. The van der Waals surface area contributed by atoms with Crippen LogP contribution in [0.1, 0.15) is 20.3 Å². The minimum atomic E-state index is -0.413. The Balaban J connectivity index is 4.32. The molecule has 1 unspecified atom stereocenters. The zero-order valence-corrected chi connectivity index (χ0v) is 9.20. The van der Waals surface area contributed by atoms with Crippen LogP contribution in [0.15, 0.2) is 4.99 Å². The van der Waals surface area contributed by atoms with E-state index in [0.29, 0.717) is 12.3 Å². The lowest BCUT2D eigenvalue weighted by Gasteiger charge is -2.18. The predicted molar refractivity (Wildman–Crippen MR) is 55.9 cm³/mol. The molecule has 82 valence electrons. The Hall–Kier alpha value is -1.26. The molecule has 0 heterocycles. The SMILES string of the molecule is CN=C(N)NC(CC(C)C)C(=O)OC. The molecule has 0 aromatic heterocycles. The summed E-state index contributed by atoms with van der Waals surface area (Å²) in [5.41, 5.74) is 5.47. The van der Waals surface area contributed by atoms with Gasteiger partial charge in [-0.3, -0.25) is 4.99 Å². The predicted octanol–water partition coefficient (Wildman–Crippen LogP) is 0.108. The van der Waals surface area contributed by atoms with Crippen LogP contribution in [0.25, 0.3) is 0 Å². The minimum absolute atomic E-state index is 0.251. The first kappa shape index (κ1) is 12.7. The van der Waals surface area contributed by atoms with Crippen molar-refractivity contribution in [3.05, 3.63) is 0 Å². The van der Waals surface area contributed by atoms with E-state index < -0.39 is 6.04 Å². The molecular weight excluding hydrogens is 182 g/mol. The van der Waals surface area contributed by atoms with Crippen molar-refractivity contribution in [3.63, 3.8) is 0 Å². The van der Waals surface area contributed by atoms with Crippen molar-refractivity contribution < 1.29 is 9.53 Å². The molecule has 0 rings (SSSR count). The zero-order valence-electron chi connectivity index (χ0n) is 9.20. The smallest absolute Gasteiger partial charge is 0.328 e. The summed E-state index contributed by atoms with van der Waals surface area (Å²) in [6.45, 7) is 4.05. The average Bonchev–Trinajstić information content (AvgIpc) is 2.14. The highest BCUT2D eigenvalue weighted by Crippen LogP contribution is 2.05. The van der Waals surface area contributed by atoms with Crippen LogP contribution in [-0.2, 0) is 9.53 Å². The monoisotopic (exact) mass is 201 g/mol. The standard InChI is InChI=1S/C9H19N3O2/c1-6(2)5-7(8(13)14-4)12-9(10)11-3/h6-7H,5H2,1-4H3,(H3,10,11,12). The van der Waals surface area contributed by atoms with Gasteiger partial charge in [0.05, 0.1) is 7.11 Å². The fourth-order valence-electron chi connectivity index (χ4n) is 1.07. The van der Waals surface area contributed by atoms with E-state index in [1.165, 1.54) is 7.11 Å². The van der Waals surface area contributed by atoms with Gasteiger partial charge in [0.1, 0.15) is 6.04 Å². The van der Waals surface area contributed by atoms with Crippen LogP contribution in [0.2, 0.25) is 0 Å². The van der Waals surface area contributed by atoms with Crippen molar-refractivity contribution in [2.75, 3.05) is 14.2 Å². The zero-order chi connectivity index (χ0) is 11.1. The molecule has 1 atom stereocenters. The molecule has 0 saturated heterocycles. The Kier molecular flexibility index (Phi) is 5.67. The number of rotatable bonds is 4. The van der Waals surface area contributed by atoms with Gasteiger partial charge in [0, 0.05) is 7.05 Å². The summed E-state index contributed by atoms with van der Waals surface area (Å²) in [6, 6.07) is -0.413. The van der Waals surface area contributed by atoms with Crippen LogP contribution < -0.4 is 11.1 Å². The van der Waals surface area contributed by atoms with Gasteiger partial charge in [-0.1, -0.05) is 13.8 Å². The van der Waals surface area contributed by atoms with Crippen molar-refractivity contribution in [2.24, 2.45) is 16.6 Å². The van der Waals surface area contributed by atoms with Crippen LogP contribution in [0.5, 0.6) is 0 Å². The van der Waals surface area contributed by atoms with Crippen LogP contribution in [-0.4, -0.2) is 32.1 Å². The largest absolute Gasteiger partial charge is 0.467 e. The van der Waals surface area contributed by atoms with Crippen molar-refractivity contribution in [1.82, 2.24) is 5.32 Å². The molecule has 0 aliphatic rings. The molecule has 0 saturated carbocycles. The fraction of sp³-hybridized carbons (Fsp3) is 0.778. The van der Waals surface area contributed by atoms with E-state index in [-0.39, 0.29) is 11.9 Å². The fourth-order valence-corrected chi connectivity index (χ4v) is 1.07. The number of hydrogen-bond acceptors (Lipinski definition) is 3. The maximum absolute atomic E-state index is 11.3. The molecule has 3 N–H and O–H groups in total. The number of ether oxygens (including phenoxy) is 1. The van der Waals surface area contributed by atoms with E-state index in [0.717, 1.165) is 0 Å². The van der Waals surface area contributed by atoms with E-state index >= 15 is 0 Å². The Morgan fingerprint density at radius 3 is 2.50 bits per heavy atom. The van der Waals surface area contributed by atoms with E-state index in [1.807, 2.05) is 13.8 Å². The highest BCUT2D eigenvalue weighted by atomic mass is 16.5. The Morgan fingerprint density at radius 2 is 2.14 bits per heavy atom. The summed E-state index contributed by atoms with van der Waals surface area (Å²) >= 11 is 0. The lowest BCUT2D eigenvalue weighted by Crippen LogP contribution is -2.45. The third-order valence-electron chi connectivity index (χ3n) is 1.76. The first-order valence-corrected chi connectivity index (χ1v) is 4.57. The van der Waals surface area contributed by atoms with Gasteiger partial charge < -0.3 is 15.8 Å². The number of methoxy groups -OCH3 is 1. The third kappa shape index (κ3) is 4.69. The number of guanidine groups is 1. The number of esters is 1. The number of aliphatic imine (C=N–C) groups is 1. The third-order valence-corrected chi connectivity index (χ3v) is 1.76. The van der Waals surface area contributed by atoms with Gasteiger partial charge in [0.2, 0.25) is 0 Å².